The zero-order valence-corrected chi connectivity index (χ0v) is 10.6. The lowest BCUT2D eigenvalue weighted by molar-refractivity contribution is 1.26. The zero-order valence-electron chi connectivity index (χ0n) is 10.6. The molecule has 0 unspecified atom stereocenters. The summed E-state index contributed by atoms with van der Waals surface area (Å²) in [6.07, 6.45) is 7.27. The lowest BCUT2D eigenvalue weighted by Crippen LogP contribution is -1.84. The summed E-state index contributed by atoms with van der Waals surface area (Å²) in [7, 11) is 0. The van der Waals surface area contributed by atoms with Crippen molar-refractivity contribution in [3.63, 3.8) is 0 Å². The number of hydrogen-bond donors (Lipinski definition) is 0. The molecule has 1 aliphatic carbocycles. The predicted molar refractivity (Wildman–Crippen MR) is 79.6 cm³/mol. The van der Waals surface area contributed by atoms with Crippen LogP contribution in [-0.2, 0) is 6.42 Å². The molecule has 0 nitrogen and oxygen atoms in total. The van der Waals surface area contributed by atoms with Gasteiger partial charge in [-0.1, -0.05) is 61.2 Å². The van der Waals surface area contributed by atoms with Crippen LogP contribution in [0.15, 0.2) is 66.8 Å². The maximum atomic E-state index is 3.84. The van der Waals surface area contributed by atoms with Gasteiger partial charge >= 0.3 is 0 Å². The first-order valence-corrected chi connectivity index (χ1v) is 6.34. The van der Waals surface area contributed by atoms with Crippen molar-refractivity contribution in [1.82, 2.24) is 0 Å². The molecule has 2 aromatic carbocycles. The number of fused-ring (bicyclic) bond motifs is 3. The average molecular weight is 232 g/mol. The predicted octanol–water partition coefficient (Wildman–Crippen LogP) is 4.91. The second-order valence-corrected chi connectivity index (χ2v) is 4.63. The van der Waals surface area contributed by atoms with Crippen molar-refractivity contribution in [2.75, 3.05) is 0 Å². The van der Waals surface area contributed by atoms with Crippen LogP contribution in [0, 0.1) is 0 Å². The molecule has 0 heteroatoms. The van der Waals surface area contributed by atoms with Gasteiger partial charge in [0.2, 0.25) is 0 Å². The molecule has 0 aliphatic heterocycles. The van der Waals surface area contributed by atoms with E-state index < -0.39 is 0 Å². The van der Waals surface area contributed by atoms with Crippen LogP contribution in [0.25, 0.3) is 16.3 Å². The molecule has 0 bridgehead atoms. The van der Waals surface area contributed by atoms with Gasteiger partial charge in [0.1, 0.15) is 0 Å². The topological polar surface area (TPSA) is 0 Å². The van der Waals surface area contributed by atoms with Gasteiger partial charge in [-0.15, -0.1) is 0 Å². The number of benzene rings is 2. The monoisotopic (exact) mass is 232 g/mol. The van der Waals surface area contributed by atoms with Crippen molar-refractivity contribution in [3.05, 3.63) is 77.9 Å². The fraction of sp³-hybridized carbons (Fsp3) is 0.111. The maximum Gasteiger partial charge on any atom is -0.00165 e. The van der Waals surface area contributed by atoms with Gasteiger partial charge in [-0.2, -0.15) is 0 Å². The highest BCUT2D eigenvalue weighted by Gasteiger charge is 2.21. The Morgan fingerprint density at radius 1 is 1.11 bits per heavy atom. The van der Waals surface area contributed by atoms with Crippen LogP contribution < -0.4 is 0 Å². The summed E-state index contributed by atoms with van der Waals surface area (Å²) in [4.78, 5) is 0. The van der Waals surface area contributed by atoms with Gasteiger partial charge < -0.3 is 0 Å². The van der Waals surface area contributed by atoms with E-state index in [4.69, 9.17) is 0 Å². The van der Waals surface area contributed by atoms with Crippen LogP contribution in [0.5, 0.6) is 0 Å². The Bertz CT molecular complexity index is 684. The largest absolute Gasteiger partial charge is 0.0990 e. The second-order valence-electron chi connectivity index (χ2n) is 4.63. The minimum Gasteiger partial charge on any atom is -0.0990 e. The van der Waals surface area contributed by atoms with Crippen LogP contribution in [0.2, 0.25) is 0 Å². The highest BCUT2D eigenvalue weighted by atomic mass is 14.3. The molecule has 0 radical (unpaired) electrons. The molecule has 0 aromatic heterocycles. The molecule has 0 amide bonds. The molecule has 0 spiro atoms. The molecule has 0 heterocycles. The van der Waals surface area contributed by atoms with Gasteiger partial charge in [0.05, 0.1) is 0 Å². The van der Waals surface area contributed by atoms with Gasteiger partial charge in [0, 0.05) is 0 Å². The second kappa shape index (κ2) is 4.30. The minimum atomic E-state index is 1.04. The Hall–Kier alpha value is -2.08. The highest BCUT2D eigenvalue weighted by molar-refractivity contribution is 6.02. The lowest BCUT2D eigenvalue weighted by atomic mass is 9.97. The highest BCUT2D eigenvalue weighted by Crippen LogP contribution is 2.40. The Balaban J connectivity index is 2.38. The van der Waals surface area contributed by atoms with Crippen LogP contribution in [0.3, 0.4) is 0 Å². The Kier molecular flexibility index (Phi) is 2.64. The molecular weight excluding hydrogens is 216 g/mol. The van der Waals surface area contributed by atoms with E-state index in [9.17, 15) is 0 Å². The first-order valence-electron chi connectivity index (χ1n) is 6.34. The molecule has 1 aliphatic rings. The van der Waals surface area contributed by atoms with Gasteiger partial charge in [0.15, 0.2) is 0 Å². The van der Waals surface area contributed by atoms with Gasteiger partial charge in [-0.3, -0.25) is 0 Å². The summed E-state index contributed by atoms with van der Waals surface area (Å²) in [6.45, 7) is 5.95. The minimum absolute atomic E-state index is 1.04. The van der Waals surface area contributed by atoms with Crippen molar-refractivity contribution < 1.29 is 0 Å². The molecule has 0 saturated heterocycles. The van der Waals surface area contributed by atoms with Crippen LogP contribution >= 0.6 is 0 Å². The van der Waals surface area contributed by atoms with Crippen LogP contribution in [-0.4, -0.2) is 0 Å². The molecule has 88 valence electrons. The summed E-state index contributed by atoms with van der Waals surface area (Å²) in [6, 6.07) is 13.1. The van der Waals surface area contributed by atoms with Crippen molar-refractivity contribution >= 4 is 16.3 Å². The number of hydrogen-bond acceptors (Lipinski definition) is 0. The molecule has 3 rings (SSSR count). The van der Waals surface area contributed by atoms with E-state index in [1.54, 1.807) is 0 Å². The van der Waals surface area contributed by atoms with Crippen molar-refractivity contribution in [2.24, 2.45) is 0 Å². The molecular formula is C18H16. The molecule has 2 aromatic rings. The Labute approximate surface area is 108 Å². The zero-order chi connectivity index (χ0) is 12.5. The summed E-state index contributed by atoms with van der Waals surface area (Å²) < 4.78 is 0. The summed E-state index contributed by atoms with van der Waals surface area (Å²) in [5, 5.41) is 2.66. The summed E-state index contributed by atoms with van der Waals surface area (Å²) >= 11 is 0. The van der Waals surface area contributed by atoms with E-state index in [0.717, 1.165) is 6.42 Å². The molecule has 0 saturated carbocycles. The Morgan fingerprint density at radius 2 is 1.94 bits per heavy atom. The van der Waals surface area contributed by atoms with E-state index in [2.05, 4.69) is 62.1 Å². The fourth-order valence-corrected chi connectivity index (χ4v) is 2.81. The van der Waals surface area contributed by atoms with E-state index in [0.29, 0.717) is 0 Å². The summed E-state index contributed by atoms with van der Waals surface area (Å²) in [5.74, 6) is 0. The van der Waals surface area contributed by atoms with Crippen molar-refractivity contribution in [1.29, 1.82) is 0 Å². The molecule has 0 atom stereocenters. The third-order valence-corrected chi connectivity index (χ3v) is 3.64. The fourth-order valence-electron chi connectivity index (χ4n) is 2.81. The van der Waals surface area contributed by atoms with Crippen molar-refractivity contribution in [2.45, 2.75) is 13.3 Å². The van der Waals surface area contributed by atoms with E-state index in [1.165, 1.54) is 33.0 Å². The molecule has 0 N–H and O–H groups in total. The van der Waals surface area contributed by atoms with E-state index in [1.807, 2.05) is 6.08 Å². The third-order valence-electron chi connectivity index (χ3n) is 3.64. The van der Waals surface area contributed by atoms with E-state index in [-0.39, 0.29) is 0 Å². The quantitative estimate of drug-likeness (QED) is 0.655. The number of allylic oxidation sites excluding steroid dienone is 5. The average Bonchev–Trinajstić information content (AvgIpc) is 2.78. The molecule has 0 fully saturated rings. The lowest BCUT2D eigenvalue weighted by Gasteiger charge is -2.06. The first kappa shape index (κ1) is 11.0. The SMILES string of the molecule is C=C/C=C1\C(=C/C)Cc2ccc3ccccc3c21. The maximum absolute atomic E-state index is 3.84. The summed E-state index contributed by atoms with van der Waals surface area (Å²) in [5.41, 5.74) is 5.55. The Morgan fingerprint density at radius 3 is 2.72 bits per heavy atom. The first-order chi connectivity index (χ1) is 8.85. The number of rotatable bonds is 1. The third kappa shape index (κ3) is 1.53. The van der Waals surface area contributed by atoms with E-state index >= 15 is 0 Å². The normalized spacial score (nSPS) is 18.5. The van der Waals surface area contributed by atoms with Gasteiger partial charge in [-0.05, 0) is 46.4 Å². The standard InChI is InChI=1S/C18H16/c1-3-7-16-13(4-2)12-15-11-10-14-8-5-6-9-17(14)18(15)16/h3-11H,1,12H2,2H3/b13-4-,16-7+. The van der Waals surface area contributed by atoms with Gasteiger partial charge in [0.25, 0.3) is 0 Å². The molecule has 18 heavy (non-hydrogen) atoms. The van der Waals surface area contributed by atoms with Crippen molar-refractivity contribution in [3.8, 4) is 0 Å². The smallest absolute Gasteiger partial charge is 0.00165 e. The van der Waals surface area contributed by atoms with Crippen LogP contribution in [0.4, 0.5) is 0 Å². The van der Waals surface area contributed by atoms with Gasteiger partial charge in [-0.25, -0.2) is 0 Å². The van der Waals surface area contributed by atoms with Crippen LogP contribution in [0.1, 0.15) is 18.1 Å².